The van der Waals surface area contributed by atoms with Crippen molar-refractivity contribution in [2.24, 2.45) is 5.73 Å². The van der Waals surface area contributed by atoms with Crippen molar-refractivity contribution in [3.63, 3.8) is 0 Å². The van der Waals surface area contributed by atoms with E-state index >= 15 is 0 Å². The van der Waals surface area contributed by atoms with Gasteiger partial charge in [0.05, 0.1) is 0 Å². The number of hydrogen-bond donors (Lipinski definition) is 1. The van der Waals surface area contributed by atoms with Gasteiger partial charge in [-0.15, -0.1) is 0 Å². The zero-order valence-corrected chi connectivity index (χ0v) is 7.92. The van der Waals surface area contributed by atoms with Crippen molar-refractivity contribution >= 4 is 5.91 Å². The van der Waals surface area contributed by atoms with E-state index in [1.807, 2.05) is 20.8 Å². The summed E-state index contributed by atoms with van der Waals surface area (Å²) in [5.41, 5.74) is 4.92. The van der Waals surface area contributed by atoms with Crippen molar-refractivity contribution in [2.45, 2.75) is 33.6 Å². The Bertz CT molecular complexity index is 189. The molecule has 0 spiro atoms. The van der Waals surface area contributed by atoms with Gasteiger partial charge < -0.3 is 5.73 Å². The maximum Gasteiger partial charge on any atom is 0.259 e. The lowest BCUT2D eigenvalue weighted by Crippen LogP contribution is -2.12. The van der Waals surface area contributed by atoms with Crippen LogP contribution in [0.2, 0.25) is 0 Å². The molecule has 0 aliphatic rings. The number of unbranched alkanes of at least 4 members (excludes halogenated alkanes) is 1. The van der Waals surface area contributed by atoms with Crippen molar-refractivity contribution in [1.29, 1.82) is 5.26 Å². The molecule has 3 nitrogen and oxygen atoms in total. The van der Waals surface area contributed by atoms with Crippen LogP contribution in [0.4, 0.5) is 0 Å². The van der Waals surface area contributed by atoms with E-state index in [-0.39, 0.29) is 5.57 Å². The molecule has 0 atom stereocenters. The van der Waals surface area contributed by atoms with Gasteiger partial charge in [-0.3, -0.25) is 4.79 Å². The highest BCUT2D eigenvalue weighted by atomic mass is 16.1. The average molecular weight is 168 g/mol. The SMILES string of the molecule is CC.CCC/C=C(\C#N)C(N)=O. The molecule has 2 N–H and O–H groups in total. The Labute approximate surface area is 73.9 Å². The number of carbonyl (C=O) groups excluding carboxylic acids is 1. The summed E-state index contributed by atoms with van der Waals surface area (Å²) in [7, 11) is 0. The van der Waals surface area contributed by atoms with Crippen molar-refractivity contribution < 1.29 is 4.79 Å². The summed E-state index contributed by atoms with van der Waals surface area (Å²) in [5, 5.41) is 8.30. The van der Waals surface area contributed by atoms with Crippen LogP contribution in [-0.4, -0.2) is 5.91 Å². The van der Waals surface area contributed by atoms with Gasteiger partial charge in [0.15, 0.2) is 0 Å². The van der Waals surface area contributed by atoms with Crippen molar-refractivity contribution in [3.8, 4) is 6.07 Å². The second kappa shape index (κ2) is 9.70. The molecule has 0 aromatic heterocycles. The number of nitrogens with zero attached hydrogens (tertiary/aromatic N) is 1. The van der Waals surface area contributed by atoms with Crippen LogP contribution < -0.4 is 5.73 Å². The fourth-order valence-corrected chi connectivity index (χ4v) is 0.490. The third-order valence-corrected chi connectivity index (χ3v) is 1.02. The fourth-order valence-electron chi connectivity index (χ4n) is 0.490. The van der Waals surface area contributed by atoms with Gasteiger partial charge >= 0.3 is 0 Å². The van der Waals surface area contributed by atoms with Crippen LogP contribution in [-0.2, 0) is 4.79 Å². The number of hydrogen-bond acceptors (Lipinski definition) is 2. The predicted octanol–water partition coefficient (Wildman–Crippen LogP) is 1.75. The van der Waals surface area contributed by atoms with Crippen molar-refractivity contribution in [1.82, 2.24) is 0 Å². The van der Waals surface area contributed by atoms with Crippen LogP contribution in [0.15, 0.2) is 11.6 Å². The molecule has 68 valence electrons. The number of carbonyl (C=O) groups is 1. The van der Waals surface area contributed by atoms with Crippen LogP contribution in [0.1, 0.15) is 33.6 Å². The minimum absolute atomic E-state index is 0.0573. The first-order chi connectivity index (χ1) is 5.72. The van der Waals surface area contributed by atoms with E-state index in [1.165, 1.54) is 0 Å². The monoisotopic (exact) mass is 168 g/mol. The number of rotatable bonds is 3. The molecule has 0 aromatic carbocycles. The minimum Gasteiger partial charge on any atom is -0.365 e. The minimum atomic E-state index is -0.643. The van der Waals surface area contributed by atoms with Crippen LogP contribution in [0, 0.1) is 11.3 Å². The third kappa shape index (κ3) is 6.81. The molecule has 0 rings (SSSR count). The van der Waals surface area contributed by atoms with E-state index in [0.29, 0.717) is 0 Å². The van der Waals surface area contributed by atoms with E-state index in [9.17, 15) is 4.79 Å². The molecular weight excluding hydrogens is 152 g/mol. The topological polar surface area (TPSA) is 66.9 Å². The molecule has 3 heteroatoms. The average Bonchev–Trinajstić information content (AvgIpc) is 2.09. The molecule has 0 aromatic rings. The Hall–Kier alpha value is -1.30. The Morgan fingerprint density at radius 1 is 1.58 bits per heavy atom. The quantitative estimate of drug-likeness (QED) is 0.515. The van der Waals surface area contributed by atoms with Crippen LogP contribution in [0.3, 0.4) is 0 Å². The molecule has 0 heterocycles. The summed E-state index contributed by atoms with van der Waals surface area (Å²) in [6.07, 6.45) is 3.20. The van der Waals surface area contributed by atoms with Crippen LogP contribution in [0.25, 0.3) is 0 Å². The second-order valence-electron chi connectivity index (χ2n) is 1.88. The largest absolute Gasteiger partial charge is 0.365 e. The van der Waals surface area contributed by atoms with Gasteiger partial charge in [-0.25, -0.2) is 0 Å². The van der Waals surface area contributed by atoms with E-state index < -0.39 is 5.91 Å². The number of amides is 1. The first kappa shape index (κ1) is 13.3. The summed E-state index contributed by atoms with van der Waals surface area (Å²) < 4.78 is 0. The Morgan fingerprint density at radius 2 is 2.08 bits per heavy atom. The highest BCUT2D eigenvalue weighted by Gasteiger charge is 1.99. The zero-order valence-electron chi connectivity index (χ0n) is 7.92. The molecule has 12 heavy (non-hydrogen) atoms. The molecule has 0 aliphatic carbocycles. The lowest BCUT2D eigenvalue weighted by atomic mass is 10.2. The maximum atomic E-state index is 10.4. The van der Waals surface area contributed by atoms with Crippen molar-refractivity contribution in [3.05, 3.63) is 11.6 Å². The standard InChI is InChI=1S/C7H10N2O.C2H6/c1-2-3-4-6(5-8)7(9)10;1-2/h4H,2-3H2,1H3,(H2,9,10);1-2H3/b6-4+;. The lowest BCUT2D eigenvalue weighted by molar-refractivity contribution is -0.114. The highest BCUT2D eigenvalue weighted by molar-refractivity contribution is 5.95. The molecule has 0 saturated heterocycles. The van der Waals surface area contributed by atoms with Gasteiger partial charge in [0.2, 0.25) is 0 Å². The molecule has 1 amide bonds. The number of primary amides is 1. The van der Waals surface area contributed by atoms with Crippen LogP contribution in [0.5, 0.6) is 0 Å². The number of nitriles is 1. The summed E-state index contributed by atoms with van der Waals surface area (Å²) in [6.45, 7) is 5.96. The van der Waals surface area contributed by atoms with Crippen LogP contribution >= 0.6 is 0 Å². The highest BCUT2D eigenvalue weighted by Crippen LogP contribution is 1.95. The van der Waals surface area contributed by atoms with E-state index in [0.717, 1.165) is 12.8 Å². The summed E-state index contributed by atoms with van der Waals surface area (Å²) >= 11 is 0. The molecule has 0 aliphatic heterocycles. The fraction of sp³-hybridized carbons (Fsp3) is 0.556. The smallest absolute Gasteiger partial charge is 0.259 e. The summed E-state index contributed by atoms with van der Waals surface area (Å²) in [4.78, 5) is 10.4. The molecule has 0 unspecified atom stereocenters. The van der Waals surface area contributed by atoms with E-state index in [2.05, 4.69) is 0 Å². The Morgan fingerprint density at radius 3 is 2.33 bits per heavy atom. The van der Waals surface area contributed by atoms with Gasteiger partial charge in [0.25, 0.3) is 5.91 Å². The molecule has 0 bridgehead atoms. The summed E-state index contributed by atoms with van der Waals surface area (Å²) in [5.74, 6) is -0.643. The normalized spacial score (nSPS) is 9.33. The van der Waals surface area contributed by atoms with E-state index in [1.54, 1.807) is 12.1 Å². The Balaban J connectivity index is 0. The number of allylic oxidation sites excluding steroid dienone is 1. The van der Waals surface area contributed by atoms with E-state index in [4.69, 9.17) is 11.0 Å². The zero-order chi connectivity index (χ0) is 9.98. The first-order valence-electron chi connectivity index (χ1n) is 4.12. The molecular formula is C9H16N2O. The third-order valence-electron chi connectivity index (χ3n) is 1.02. The van der Waals surface area contributed by atoms with Crippen molar-refractivity contribution in [2.75, 3.05) is 0 Å². The van der Waals surface area contributed by atoms with Gasteiger partial charge in [0.1, 0.15) is 11.6 Å². The van der Waals surface area contributed by atoms with Gasteiger partial charge in [0, 0.05) is 0 Å². The van der Waals surface area contributed by atoms with Gasteiger partial charge in [-0.2, -0.15) is 5.26 Å². The molecule has 0 radical (unpaired) electrons. The Kier molecular flexibility index (Phi) is 10.8. The second-order valence-corrected chi connectivity index (χ2v) is 1.88. The molecule has 0 saturated carbocycles. The van der Waals surface area contributed by atoms with Gasteiger partial charge in [-0.05, 0) is 6.42 Å². The summed E-state index contributed by atoms with van der Waals surface area (Å²) in [6, 6.07) is 1.72. The molecule has 0 fully saturated rings. The number of nitrogens with two attached hydrogens (primary N) is 1. The lowest BCUT2D eigenvalue weighted by Gasteiger charge is -1.88. The maximum absolute atomic E-state index is 10.4. The first-order valence-corrected chi connectivity index (χ1v) is 4.12. The van der Waals surface area contributed by atoms with Gasteiger partial charge in [-0.1, -0.05) is 33.3 Å². The predicted molar refractivity (Wildman–Crippen MR) is 49.1 cm³/mol.